The van der Waals surface area contributed by atoms with Gasteiger partial charge in [-0.1, -0.05) is 17.7 Å². The molecule has 1 heterocycles. The van der Waals surface area contributed by atoms with Gasteiger partial charge in [-0.05, 0) is 38.5 Å². The zero-order chi connectivity index (χ0) is 13.8. The zero-order valence-electron chi connectivity index (χ0n) is 11.4. The van der Waals surface area contributed by atoms with Crippen molar-refractivity contribution >= 4 is 5.91 Å². The summed E-state index contributed by atoms with van der Waals surface area (Å²) < 4.78 is 0. The van der Waals surface area contributed by atoms with Crippen LogP contribution in [0.25, 0.3) is 0 Å². The lowest BCUT2D eigenvalue weighted by Crippen LogP contribution is -2.24. The highest BCUT2D eigenvalue weighted by Crippen LogP contribution is 2.10. The van der Waals surface area contributed by atoms with Crippen LogP contribution in [0.4, 0.5) is 0 Å². The second-order valence-electron chi connectivity index (χ2n) is 4.65. The van der Waals surface area contributed by atoms with Gasteiger partial charge >= 0.3 is 0 Å². The van der Waals surface area contributed by atoms with Gasteiger partial charge in [0.1, 0.15) is 6.33 Å². The molecule has 4 nitrogen and oxygen atoms in total. The summed E-state index contributed by atoms with van der Waals surface area (Å²) in [5.74, 6) is -0.0752. The highest BCUT2D eigenvalue weighted by Gasteiger charge is 2.08. The lowest BCUT2D eigenvalue weighted by molar-refractivity contribution is 0.0950. The Bertz CT molecular complexity index is 608. The number of nitrogens with zero attached hydrogens (tertiary/aromatic N) is 2. The Morgan fingerprint density at radius 1 is 1.16 bits per heavy atom. The lowest BCUT2D eigenvalue weighted by atomic mass is 10.1. The Hall–Kier alpha value is -2.23. The molecule has 0 spiro atoms. The molecule has 0 aliphatic heterocycles. The SMILES string of the molecule is Cc1ccc(C(=O)NCc2cc(C)ncn2)c(C)c1. The monoisotopic (exact) mass is 255 g/mol. The van der Waals surface area contributed by atoms with E-state index in [0.29, 0.717) is 12.1 Å². The van der Waals surface area contributed by atoms with Crippen LogP contribution in [-0.2, 0) is 6.54 Å². The van der Waals surface area contributed by atoms with Crippen LogP contribution in [0.15, 0.2) is 30.6 Å². The van der Waals surface area contributed by atoms with Gasteiger partial charge in [0.2, 0.25) is 0 Å². The number of rotatable bonds is 3. The average Bonchev–Trinajstić information content (AvgIpc) is 2.36. The first-order valence-corrected chi connectivity index (χ1v) is 6.19. The summed E-state index contributed by atoms with van der Waals surface area (Å²) in [4.78, 5) is 20.2. The molecule has 1 N–H and O–H groups in total. The quantitative estimate of drug-likeness (QED) is 0.915. The lowest BCUT2D eigenvalue weighted by Gasteiger charge is -2.08. The zero-order valence-corrected chi connectivity index (χ0v) is 11.4. The fraction of sp³-hybridized carbons (Fsp3) is 0.267. The van der Waals surface area contributed by atoms with Crippen molar-refractivity contribution in [2.75, 3.05) is 0 Å². The smallest absolute Gasteiger partial charge is 0.251 e. The van der Waals surface area contributed by atoms with Gasteiger partial charge in [0.25, 0.3) is 5.91 Å². The molecule has 2 aromatic rings. The number of carbonyl (C=O) groups is 1. The van der Waals surface area contributed by atoms with Crippen molar-refractivity contribution in [3.05, 3.63) is 58.7 Å². The van der Waals surface area contributed by atoms with E-state index in [0.717, 1.165) is 22.5 Å². The molecule has 0 saturated carbocycles. The Morgan fingerprint density at radius 3 is 2.63 bits per heavy atom. The third kappa shape index (κ3) is 3.37. The van der Waals surface area contributed by atoms with Crippen LogP contribution >= 0.6 is 0 Å². The van der Waals surface area contributed by atoms with Crippen LogP contribution in [0, 0.1) is 20.8 Å². The van der Waals surface area contributed by atoms with E-state index in [1.54, 1.807) is 0 Å². The molecule has 19 heavy (non-hydrogen) atoms. The maximum absolute atomic E-state index is 12.1. The molecule has 0 atom stereocenters. The molecule has 0 aliphatic carbocycles. The van der Waals surface area contributed by atoms with Gasteiger partial charge in [0, 0.05) is 11.3 Å². The minimum atomic E-state index is -0.0752. The van der Waals surface area contributed by atoms with Gasteiger partial charge in [0.05, 0.1) is 12.2 Å². The van der Waals surface area contributed by atoms with Gasteiger partial charge in [-0.25, -0.2) is 9.97 Å². The predicted octanol–water partition coefficient (Wildman–Crippen LogP) is 2.33. The highest BCUT2D eigenvalue weighted by molar-refractivity contribution is 5.95. The van der Waals surface area contributed by atoms with Crippen LogP contribution in [0.3, 0.4) is 0 Å². The molecule has 1 amide bonds. The van der Waals surface area contributed by atoms with Gasteiger partial charge in [-0.2, -0.15) is 0 Å². The molecular weight excluding hydrogens is 238 g/mol. The molecule has 98 valence electrons. The Kier molecular flexibility index (Phi) is 3.90. The average molecular weight is 255 g/mol. The number of hydrogen-bond acceptors (Lipinski definition) is 3. The topological polar surface area (TPSA) is 54.9 Å². The standard InChI is InChI=1S/C15H17N3O/c1-10-4-5-14(11(2)6-10)15(19)16-8-13-7-12(3)17-9-18-13/h4-7,9H,8H2,1-3H3,(H,16,19). The normalized spacial score (nSPS) is 10.3. The van der Waals surface area contributed by atoms with Crippen LogP contribution in [0.2, 0.25) is 0 Å². The number of aromatic nitrogens is 2. The molecule has 4 heteroatoms. The Balaban J connectivity index is 2.05. The summed E-state index contributed by atoms with van der Waals surface area (Å²) in [6.45, 7) is 6.27. The van der Waals surface area contributed by atoms with E-state index in [-0.39, 0.29) is 5.91 Å². The molecular formula is C15H17N3O. The van der Waals surface area contributed by atoms with Gasteiger partial charge in [-0.3, -0.25) is 4.79 Å². The van der Waals surface area contributed by atoms with E-state index in [4.69, 9.17) is 0 Å². The number of nitrogens with one attached hydrogen (secondary N) is 1. The summed E-state index contributed by atoms with van der Waals surface area (Å²) in [6, 6.07) is 7.66. The van der Waals surface area contributed by atoms with Crippen molar-refractivity contribution < 1.29 is 4.79 Å². The van der Waals surface area contributed by atoms with Crippen molar-refractivity contribution in [2.24, 2.45) is 0 Å². The summed E-state index contributed by atoms with van der Waals surface area (Å²) >= 11 is 0. The number of benzene rings is 1. The number of aryl methyl sites for hydroxylation is 3. The van der Waals surface area contributed by atoms with Crippen LogP contribution < -0.4 is 5.32 Å². The highest BCUT2D eigenvalue weighted by atomic mass is 16.1. The maximum atomic E-state index is 12.1. The minimum absolute atomic E-state index is 0.0752. The summed E-state index contributed by atoms with van der Waals surface area (Å²) in [6.07, 6.45) is 1.51. The van der Waals surface area contributed by atoms with E-state index in [1.165, 1.54) is 6.33 Å². The molecule has 0 bridgehead atoms. The van der Waals surface area contributed by atoms with Crippen LogP contribution in [0.5, 0.6) is 0 Å². The molecule has 0 saturated heterocycles. The Morgan fingerprint density at radius 2 is 1.95 bits per heavy atom. The third-order valence-electron chi connectivity index (χ3n) is 2.92. The first-order valence-electron chi connectivity index (χ1n) is 6.19. The third-order valence-corrected chi connectivity index (χ3v) is 2.92. The first-order chi connectivity index (χ1) is 9.06. The van der Waals surface area contributed by atoms with Crippen LogP contribution in [0.1, 0.15) is 32.9 Å². The molecule has 0 radical (unpaired) electrons. The number of amides is 1. The fourth-order valence-corrected chi connectivity index (χ4v) is 1.94. The van der Waals surface area contributed by atoms with Crippen LogP contribution in [-0.4, -0.2) is 15.9 Å². The first kappa shape index (κ1) is 13.2. The summed E-state index contributed by atoms with van der Waals surface area (Å²) in [7, 11) is 0. The number of hydrogen-bond donors (Lipinski definition) is 1. The number of carbonyl (C=O) groups excluding carboxylic acids is 1. The molecule has 0 fully saturated rings. The maximum Gasteiger partial charge on any atom is 0.251 e. The summed E-state index contributed by atoms with van der Waals surface area (Å²) in [5, 5.41) is 2.87. The molecule has 2 rings (SSSR count). The van der Waals surface area contributed by atoms with Crippen molar-refractivity contribution in [1.29, 1.82) is 0 Å². The predicted molar refractivity (Wildman–Crippen MR) is 73.9 cm³/mol. The largest absolute Gasteiger partial charge is 0.346 e. The molecule has 1 aromatic carbocycles. The van der Waals surface area contributed by atoms with Crippen molar-refractivity contribution in [3.8, 4) is 0 Å². The van der Waals surface area contributed by atoms with Crippen molar-refractivity contribution in [3.63, 3.8) is 0 Å². The van der Waals surface area contributed by atoms with Gasteiger partial charge < -0.3 is 5.32 Å². The van der Waals surface area contributed by atoms with Crippen molar-refractivity contribution in [2.45, 2.75) is 27.3 Å². The van der Waals surface area contributed by atoms with Crippen molar-refractivity contribution in [1.82, 2.24) is 15.3 Å². The van der Waals surface area contributed by atoms with Gasteiger partial charge in [-0.15, -0.1) is 0 Å². The molecule has 1 aromatic heterocycles. The van der Waals surface area contributed by atoms with E-state index >= 15 is 0 Å². The van der Waals surface area contributed by atoms with Gasteiger partial charge in [0.15, 0.2) is 0 Å². The fourth-order valence-electron chi connectivity index (χ4n) is 1.94. The second kappa shape index (κ2) is 5.61. The second-order valence-corrected chi connectivity index (χ2v) is 4.65. The van der Waals surface area contributed by atoms with E-state index in [1.807, 2.05) is 45.0 Å². The van der Waals surface area contributed by atoms with E-state index in [9.17, 15) is 4.79 Å². The molecule has 0 unspecified atom stereocenters. The summed E-state index contributed by atoms with van der Waals surface area (Å²) in [5.41, 5.74) is 4.55. The van der Waals surface area contributed by atoms with E-state index < -0.39 is 0 Å². The molecule has 0 aliphatic rings. The Labute approximate surface area is 112 Å². The van der Waals surface area contributed by atoms with E-state index in [2.05, 4.69) is 15.3 Å². The minimum Gasteiger partial charge on any atom is -0.346 e.